The molecule has 3 aromatic carbocycles. The zero-order valence-corrected chi connectivity index (χ0v) is 16.5. The molecular formula is C24H21NO5. The second-order valence-corrected chi connectivity index (χ2v) is 6.84. The van der Waals surface area contributed by atoms with Crippen LogP contribution < -0.4 is 14.8 Å². The molecule has 1 amide bonds. The van der Waals surface area contributed by atoms with Crippen molar-refractivity contribution in [3.05, 3.63) is 78.4 Å². The van der Waals surface area contributed by atoms with Gasteiger partial charge in [0.25, 0.3) is 5.91 Å². The summed E-state index contributed by atoms with van der Waals surface area (Å²) < 4.78 is 16.3. The first kappa shape index (κ1) is 19.5. The highest BCUT2D eigenvalue weighted by molar-refractivity contribution is 5.97. The first-order valence-corrected chi connectivity index (χ1v) is 9.67. The highest BCUT2D eigenvalue weighted by Crippen LogP contribution is 2.32. The summed E-state index contributed by atoms with van der Waals surface area (Å²) in [5.74, 6) is 0.222. The lowest BCUT2D eigenvalue weighted by Gasteiger charge is -2.19. The molecule has 0 aromatic heterocycles. The van der Waals surface area contributed by atoms with Crippen LogP contribution in [-0.2, 0) is 9.53 Å². The van der Waals surface area contributed by atoms with Crippen molar-refractivity contribution < 1.29 is 23.8 Å². The van der Waals surface area contributed by atoms with E-state index in [9.17, 15) is 9.59 Å². The zero-order valence-electron chi connectivity index (χ0n) is 16.5. The van der Waals surface area contributed by atoms with E-state index < -0.39 is 18.0 Å². The number of esters is 1. The molecule has 1 heterocycles. The number of ether oxygens (including phenoxy) is 3. The topological polar surface area (TPSA) is 73.9 Å². The van der Waals surface area contributed by atoms with Gasteiger partial charge in [-0.05, 0) is 42.3 Å². The molecular weight excluding hydrogens is 382 g/mol. The maximum Gasteiger partial charge on any atom is 0.338 e. The molecule has 0 unspecified atom stereocenters. The molecule has 1 N–H and O–H groups in total. The van der Waals surface area contributed by atoms with Crippen molar-refractivity contribution >= 4 is 17.6 Å². The van der Waals surface area contributed by atoms with Gasteiger partial charge in [0.15, 0.2) is 17.6 Å². The minimum Gasteiger partial charge on any atom is -0.486 e. The van der Waals surface area contributed by atoms with E-state index >= 15 is 0 Å². The molecule has 3 aromatic rings. The van der Waals surface area contributed by atoms with E-state index in [-0.39, 0.29) is 0 Å². The van der Waals surface area contributed by atoms with Gasteiger partial charge in [0, 0.05) is 11.8 Å². The standard InChI is InChI=1S/C24H21NO5/c1-16(23(26)25-20-11-12-21-22(15-20)29-14-13-28-21)30-24(27)19-9-7-18(8-10-19)17-5-3-2-4-6-17/h2-12,15-16H,13-14H2,1H3,(H,25,26)/t16-/m0/s1. The lowest BCUT2D eigenvalue weighted by molar-refractivity contribution is -0.123. The third kappa shape index (κ3) is 4.43. The summed E-state index contributed by atoms with van der Waals surface area (Å²) in [7, 11) is 0. The van der Waals surface area contributed by atoms with Gasteiger partial charge in [-0.1, -0.05) is 42.5 Å². The molecule has 0 radical (unpaired) electrons. The lowest BCUT2D eigenvalue weighted by atomic mass is 10.0. The summed E-state index contributed by atoms with van der Waals surface area (Å²) in [4.78, 5) is 24.8. The van der Waals surface area contributed by atoms with Crippen LogP contribution in [0.5, 0.6) is 11.5 Å². The number of nitrogens with one attached hydrogen (secondary N) is 1. The van der Waals surface area contributed by atoms with Gasteiger partial charge in [-0.25, -0.2) is 4.79 Å². The Morgan fingerprint density at radius 1 is 0.867 bits per heavy atom. The zero-order chi connectivity index (χ0) is 20.9. The molecule has 1 aliphatic heterocycles. The van der Waals surface area contributed by atoms with Crippen LogP contribution in [-0.4, -0.2) is 31.2 Å². The summed E-state index contributed by atoms with van der Waals surface area (Å²) in [6.45, 7) is 2.49. The van der Waals surface area contributed by atoms with E-state index in [1.807, 2.05) is 42.5 Å². The van der Waals surface area contributed by atoms with Gasteiger partial charge in [-0.3, -0.25) is 4.79 Å². The average Bonchev–Trinajstić information content (AvgIpc) is 2.79. The van der Waals surface area contributed by atoms with Gasteiger partial charge in [-0.15, -0.1) is 0 Å². The molecule has 0 spiro atoms. The third-order valence-electron chi connectivity index (χ3n) is 4.69. The summed E-state index contributed by atoms with van der Waals surface area (Å²) in [5, 5.41) is 2.73. The van der Waals surface area contributed by atoms with E-state index in [0.29, 0.717) is 36.0 Å². The molecule has 152 valence electrons. The van der Waals surface area contributed by atoms with Gasteiger partial charge < -0.3 is 19.5 Å². The Morgan fingerprint density at radius 3 is 2.27 bits per heavy atom. The van der Waals surface area contributed by atoms with Crippen LogP contribution in [0.4, 0.5) is 5.69 Å². The van der Waals surface area contributed by atoms with Gasteiger partial charge in [-0.2, -0.15) is 0 Å². The van der Waals surface area contributed by atoms with E-state index in [0.717, 1.165) is 11.1 Å². The van der Waals surface area contributed by atoms with Crippen LogP contribution in [0, 0.1) is 0 Å². The van der Waals surface area contributed by atoms with Crippen LogP contribution in [0.2, 0.25) is 0 Å². The molecule has 6 nitrogen and oxygen atoms in total. The lowest BCUT2D eigenvalue weighted by Crippen LogP contribution is -2.30. The summed E-state index contributed by atoms with van der Waals surface area (Å²) in [5.41, 5.74) is 2.98. The maximum absolute atomic E-state index is 12.4. The number of rotatable bonds is 5. The molecule has 1 atom stereocenters. The third-order valence-corrected chi connectivity index (χ3v) is 4.69. The van der Waals surface area contributed by atoms with Crippen LogP contribution >= 0.6 is 0 Å². The second-order valence-electron chi connectivity index (χ2n) is 6.84. The Bertz CT molecular complexity index is 1050. The normalized spacial score (nSPS) is 13.2. The molecule has 0 saturated heterocycles. The molecule has 0 saturated carbocycles. The van der Waals surface area contributed by atoms with Crippen LogP contribution in [0.1, 0.15) is 17.3 Å². The average molecular weight is 403 g/mol. The van der Waals surface area contributed by atoms with Crippen molar-refractivity contribution in [2.24, 2.45) is 0 Å². The van der Waals surface area contributed by atoms with E-state index in [2.05, 4.69) is 5.32 Å². The number of hydrogen-bond acceptors (Lipinski definition) is 5. The Hall–Kier alpha value is -3.80. The number of anilines is 1. The number of hydrogen-bond donors (Lipinski definition) is 1. The Balaban J connectivity index is 1.36. The highest BCUT2D eigenvalue weighted by atomic mass is 16.6. The molecule has 0 fully saturated rings. The van der Waals surface area contributed by atoms with Crippen molar-refractivity contribution in [3.8, 4) is 22.6 Å². The highest BCUT2D eigenvalue weighted by Gasteiger charge is 2.20. The molecule has 0 aliphatic carbocycles. The molecule has 0 bridgehead atoms. The smallest absolute Gasteiger partial charge is 0.338 e. The predicted octanol–water partition coefficient (Wildman–Crippen LogP) is 4.31. The summed E-state index contributed by atoms with van der Waals surface area (Å²) >= 11 is 0. The van der Waals surface area contributed by atoms with E-state index in [4.69, 9.17) is 14.2 Å². The fourth-order valence-electron chi connectivity index (χ4n) is 3.08. The Kier molecular flexibility index (Phi) is 5.66. The van der Waals surface area contributed by atoms with Crippen molar-refractivity contribution in [1.29, 1.82) is 0 Å². The van der Waals surface area contributed by atoms with Gasteiger partial charge in [0.1, 0.15) is 13.2 Å². The first-order chi connectivity index (χ1) is 14.6. The minimum atomic E-state index is -0.959. The van der Waals surface area contributed by atoms with Crippen molar-refractivity contribution in [1.82, 2.24) is 0 Å². The summed E-state index contributed by atoms with van der Waals surface area (Å²) in [6, 6.07) is 22.1. The van der Waals surface area contributed by atoms with Crippen LogP contribution in [0.3, 0.4) is 0 Å². The summed E-state index contributed by atoms with van der Waals surface area (Å²) in [6.07, 6.45) is -0.959. The molecule has 4 rings (SSSR count). The number of amides is 1. The Labute approximate surface area is 174 Å². The van der Waals surface area contributed by atoms with Crippen molar-refractivity contribution in [3.63, 3.8) is 0 Å². The predicted molar refractivity (Wildman–Crippen MR) is 113 cm³/mol. The van der Waals surface area contributed by atoms with E-state index in [1.165, 1.54) is 6.92 Å². The fraction of sp³-hybridized carbons (Fsp3) is 0.167. The number of carbonyl (C=O) groups is 2. The van der Waals surface area contributed by atoms with Crippen molar-refractivity contribution in [2.45, 2.75) is 13.0 Å². The quantitative estimate of drug-likeness (QED) is 0.643. The van der Waals surface area contributed by atoms with Crippen molar-refractivity contribution in [2.75, 3.05) is 18.5 Å². The SMILES string of the molecule is C[C@H](OC(=O)c1ccc(-c2ccccc2)cc1)C(=O)Nc1ccc2c(c1)OCCO2. The van der Waals surface area contributed by atoms with Gasteiger partial charge >= 0.3 is 5.97 Å². The second kappa shape index (κ2) is 8.69. The first-order valence-electron chi connectivity index (χ1n) is 9.67. The number of benzene rings is 3. The largest absolute Gasteiger partial charge is 0.486 e. The monoisotopic (exact) mass is 403 g/mol. The maximum atomic E-state index is 12.4. The molecule has 6 heteroatoms. The number of fused-ring (bicyclic) bond motifs is 1. The fourth-order valence-corrected chi connectivity index (χ4v) is 3.08. The molecule has 30 heavy (non-hydrogen) atoms. The van der Waals surface area contributed by atoms with Gasteiger partial charge in [0.2, 0.25) is 0 Å². The molecule has 1 aliphatic rings. The van der Waals surface area contributed by atoms with Gasteiger partial charge in [0.05, 0.1) is 5.56 Å². The minimum absolute atomic E-state index is 0.383. The van der Waals surface area contributed by atoms with Crippen LogP contribution in [0.15, 0.2) is 72.8 Å². The Morgan fingerprint density at radius 2 is 1.53 bits per heavy atom. The van der Waals surface area contributed by atoms with Crippen LogP contribution in [0.25, 0.3) is 11.1 Å². The van der Waals surface area contributed by atoms with E-state index in [1.54, 1.807) is 30.3 Å². The number of carbonyl (C=O) groups excluding carboxylic acids is 2.